The Balaban J connectivity index is 2.09. The number of hydrogen-bond acceptors (Lipinski definition) is 5. The van der Waals surface area contributed by atoms with Crippen molar-refractivity contribution in [1.29, 1.82) is 0 Å². The molecule has 0 amide bonds. The van der Waals surface area contributed by atoms with Gasteiger partial charge in [-0.25, -0.2) is 0 Å². The summed E-state index contributed by atoms with van der Waals surface area (Å²) in [6.07, 6.45) is 0.780. The van der Waals surface area contributed by atoms with Gasteiger partial charge in [-0.05, 0) is 23.2 Å². The van der Waals surface area contributed by atoms with Gasteiger partial charge in [0, 0.05) is 17.3 Å². The standard InChI is InChI=1S/C10H15N5S/c1-3-11-8(9-5-4-6-16-9)7-10-12-14-15(2)13-10/h4-6,8,11H,3,7H2,1-2H3. The Labute approximate surface area is 98.5 Å². The van der Waals surface area contributed by atoms with E-state index in [-0.39, 0.29) is 6.04 Å². The average molecular weight is 237 g/mol. The van der Waals surface area contributed by atoms with Crippen molar-refractivity contribution < 1.29 is 0 Å². The van der Waals surface area contributed by atoms with Gasteiger partial charge in [-0.15, -0.1) is 21.5 Å². The molecule has 0 spiro atoms. The fourth-order valence-electron chi connectivity index (χ4n) is 1.60. The van der Waals surface area contributed by atoms with Crippen LogP contribution in [-0.2, 0) is 13.5 Å². The summed E-state index contributed by atoms with van der Waals surface area (Å²) in [6.45, 7) is 3.04. The molecule has 1 atom stereocenters. The van der Waals surface area contributed by atoms with Gasteiger partial charge in [0.1, 0.15) is 0 Å². The summed E-state index contributed by atoms with van der Waals surface area (Å²) in [5.41, 5.74) is 0. The Kier molecular flexibility index (Phi) is 3.63. The first-order valence-electron chi connectivity index (χ1n) is 5.29. The lowest BCUT2D eigenvalue weighted by Gasteiger charge is -2.13. The van der Waals surface area contributed by atoms with Gasteiger partial charge in [0.2, 0.25) is 0 Å². The van der Waals surface area contributed by atoms with Crippen LogP contribution in [0, 0.1) is 0 Å². The molecule has 86 valence electrons. The van der Waals surface area contributed by atoms with Gasteiger partial charge in [-0.2, -0.15) is 4.80 Å². The van der Waals surface area contributed by atoms with Crippen molar-refractivity contribution in [3.8, 4) is 0 Å². The monoisotopic (exact) mass is 237 g/mol. The van der Waals surface area contributed by atoms with Crippen molar-refractivity contribution >= 4 is 11.3 Å². The Bertz CT molecular complexity index is 422. The zero-order chi connectivity index (χ0) is 11.4. The largest absolute Gasteiger partial charge is 0.309 e. The van der Waals surface area contributed by atoms with E-state index in [1.54, 1.807) is 18.4 Å². The summed E-state index contributed by atoms with van der Waals surface area (Å²) >= 11 is 1.75. The maximum atomic E-state index is 4.20. The van der Waals surface area contributed by atoms with E-state index in [2.05, 4.69) is 45.2 Å². The molecule has 0 aliphatic carbocycles. The van der Waals surface area contributed by atoms with Crippen LogP contribution in [0.3, 0.4) is 0 Å². The third kappa shape index (κ3) is 2.65. The molecule has 6 heteroatoms. The van der Waals surface area contributed by atoms with E-state index in [0.29, 0.717) is 0 Å². The van der Waals surface area contributed by atoms with E-state index in [0.717, 1.165) is 18.8 Å². The Morgan fingerprint density at radius 2 is 2.44 bits per heavy atom. The first-order chi connectivity index (χ1) is 7.79. The number of aromatic nitrogens is 4. The van der Waals surface area contributed by atoms with Gasteiger partial charge < -0.3 is 5.32 Å². The number of likely N-dealkylation sites (N-methyl/N-ethyl adjacent to an activating group) is 1. The van der Waals surface area contributed by atoms with Gasteiger partial charge in [0.15, 0.2) is 5.82 Å². The van der Waals surface area contributed by atoms with Gasteiger partial charge in [-0.1, -0.05) is 13.0 Å². The molecule has 16 heavy (non-hydrogen) atoms. The average Bonchev–Trinajstić information content (AvgIpc) is 2.88. The number of aryl methyl sites for hydroxylation is 1. The van der Waals surface area contributed by atoms with Crippen molar-refractivity contribution in [3.63, 3.8) is 0 Å². The second-order valence-electron chi connectivity index (χ2n) is 3.52. The van der Waals surface area contributed by atoms with E-state index in [1.807, 2.05) is 0 Å². The molecule has 0 radical (unpaired) electrons. The molecule has 0 saturated heterocycles. The Hall–Kier alpha value is -1.27. The molecule has 0 aliphatic rings. The summed E-state index contributed by atoms with van der Waals surface area (Å²) in [5.74, 6) is 0.779. The lowest BCUT2D eigenvalue weighted by molar-refractivity contribution is 0.542. The number of rotatable bonds is 5. The highest BCUT2D eigenvalue weighted by Crippen LogP contribution is 2.21. The van der Waals surface area contributed by atoms with E-state index in [1.165, 1.54) is 9.67 Å². The molecular weight excluding hydrogens is 222 g/mol. The second kappa shape index (κ2) is 5.18. The zero-order valence-corrected chi connectivity index (χ0v) is 10.2. The van der Waals surface area contributed by atoms with Crippen molar-refractivity contribution in [2.45, 2.75) is 19.4 Å². The van der Waals surface area contributed by atoms with Crippen molar-refractivity contribution in [3.05, 3.63) is 28.2 Å². The van der Waals surface area contributed by atoms with Crippen molar-refractivity contribution in [2.24, 2.45) is 7.05 Å². The quantitative estimate of drug-likeness (QED) is 0.848. The maximum Gasteiger partial charge on any atom is 0.176 e. The number of nitrogens with zero attached hydrogens (tertiary/aromatic N) is 4. The predicted molar refractivity (Wildman–Crippen MR) is 63.2 cm³/mol. The van der Waals surface area contributed by atoms with Gasteiger partial charge in [0.25, 0.3) is 0 Å². The van der Waals surface area contributed by atoms with Crippen LogP contribution in [0.4, 0.5) is 0 Å². The molecule has 2 aromatic rings. The van der Waals surface area contributed by atoms with Crippen LogP contribution < -0.4 is 5.32 Å². The Morgan fingerprint density at radius 3 is 3.00 bits per heavy atom. The van der Waals surface area contributed by atoms with Gasteiger partial charge in [0.05, 0.1) is 7.05 Å². The van der Waals surface area contributed by atoms with Crippen LogP contribution in [0.2, 0.25) is 0 Å². The molecule has 2 heterocycles. The number of hydrogen-bond donors (Lipinski definition) is 1. The topological polar surface area (TPSA) is 55.6 Å². The molecule has 0 saturated carbocycles. The minimum atomic E-state index is 0.286. The van der Waals surface area contributed by atoms with Crippen LogP contribution in [0.1, 0.15) is 23.7 Å². The SMILES string of the molecule is CCNC(Cc1nnn(C)n1)c1cccs1. The molecule has 0 aromatic carbocycles. The van der Waals surface area contributed by atoms with Crippen LogP contribution in [-0.4, -0.2) is 26.8 Å². The first kappa shape index (κ1) is 11.2. The summed E-state index contributed by atoms with van der Waals surface area (Å²) in [4.78, 5) is 2.81. The summed E-state index contributed by atoms with van der Waals surface area (Å²) in [5, 5.41) is 17.6. The third-order valence-electron chi connectivity index (χ3n) is 2.27. The van der Waals surface area contributed by atoms with Gasteiger partial charge >= 0.3 is 0 Å². The highest BCUT2D eigenvalue weighted by Gasteiger charge is 2.14. The number of tetrazole rings is 1. The van der Waals surface area contributed by atoms with Crippen molar-refractivity contribution in [1.82, 2.24) is 25.5 Å². The molecule has 0 fully saturated rings. The lowest BCUT2D eigenvalue weighted by Crippen LogP contribution is -2.22. The van der Waals surface area contributed by atoms with E-state index >= 15 is 0 Å². The fourth-order valence-corrected chi connectivity index (χ4v) is 2.40. The highest BCUT2D eigenvalue weighted by atomic mass is 32.1. The molecule has 2 rings (SSSR count). The summed E-state index contributed by atoms with van der Waals surface area (Å²) in [6, 6.07) is 4.48. The molecule has 5 nitrogen and oxygen atoms in total. The lowest BCUT2D eigenvalue weighted by atomic mass is 10.1. The summed E-state index contributed by atoms with van der Waals surface area (Å²) in [7, 11) is 1.78. The zero-order valence-electron chi connectivity index (χ0n) is 9.42. The normalized spacial score (nSPS) is 12.9. The van der Waals surface area contributed by atoms with Crippen LogP contribution >= 0.6 is 11.3 Å². The second-order valence-corrected chi connectivity index (χ2v) is 4.50. The molecule has 0 aliphatic heterocycles. The van der Waals surface area contributed by atoms with Gasteiger partial charge in [-0.3, -0.25) is 0 Å². The fraction of sp³-hybridized carbons (Fsp3) is 0.500. The highest BCUT2D eigenvalue weighted by molar-refractivity contribution is 7.10. The third-order valence-corrected chi connectivity index (χ3v) is 3.26. The van der Waals surface area contributed by atoms with Crippen LogP contribution in [0.5, 0.6) is 0 Å². The number of nitrogens with one attached hydrogen (secondary N) is 1. The molecule has 2 aromatic heterocycles. The molecule has 1 unspecified atom stereocenters. The van der Waals surface area contributed by atoms with Crippen molar-refractivity contribution in [2.75, 3.05) is 6.54 Å². The first-order valence-corrected chi connectivity index (χ1v) is 6.17. The van der Waals surface area contributed by atoms with E-state index < -0.39 is 0 Å². The maximum absolute atomic E-state index is 4.20. The molecule has 0 bridgehead atoms. The molecule has 1 N–H and O–H groups in total. The minimum Gasteiger partial charge on any atom is -0.309 e. The van der Waals surface area contributed by atoms with Crippen LogP contribution in [0.25, 0.3) is 0 Å². The molecular formula is C10H15N5S. The smallest absolute Gasteiger partial charge is 0.176 e. The minimum absolute atomic E-state index is 0.286. The van der Waals surface area contributed by atoms with E-state index in [4.69, 9.17) is 0 Å². The van der Waals surface area contributed by atoms with E-state index in [9.17, 15) is 0 Å². The Morgan fingerprint density at radius 1 is 1.56 bits per heavy atom. The number of thiophene rings is 1. The predicted octanol–water partition coefficient (Wildman–Crippen LogP) is 1.16. The van der Waals surface area contributed by atoms with Crippen LogP contribution in [0.15, 0.2) is 17.5 Å². The summed E-state index contributed by atoms with van der Waals surface area (Å²) < 4.78 is 0.